The minimum Gasteiger partial charge on any atom is -0.370 e. The highest BCUT2D eigenvalue weighted by atomic mass is 127. The topological polar surface area (TPSA) is 81.1 Å². The first kappa shape index (κ1) is 19.1. The number of hydrogen-bond donors (Lipinski definition) is 2. The zero-order chi connectivity index (χ0) is 17.1. The number of aryl methyl sites for hydroxylation is 2. The third kappa shape index (κ3) is 4.19. The molecule has 26 heavy (non-hydrogen) atoms. The minimum absolute atomic E-state index is 0. The third-order valence-electron chi connectivity index (χ3n) is 5.24. The van der Waals surface area contributed by atoms with Crippen molar-refractivity contribution >= 4 is 35.6 Å². The summed E-state index contributed by atoms with van der Waals surface area (Å²) in [5.74, 6) is 2.45. The molecule has 0 saturated heterocycles. The molecule has 1 aromatic heterocycles. The summed E-state index contributed by atoms with van der Waals surface area (Å²) in [5.41, 5.74) is 10.1. The van der Waals surface area contributed by atoms with Gasteiger partial charge in [-0.15, -0.1) is 34.2 Å². The lowest BCUT2D eigenvalue weighted by Crippen LogP contribution is -2.24. The molecule has 0 saturated carbocycles. The molecule has 6 nitrogen and oxygen atoms in total. The van der Waals surface area contributed by atoms with Gasteiger partial charge in [0.05, 0.1) is 0 Å². The normalized spacial score (nSPS) is 16.8. The van der Waals surface area contributed by atoms with Crippen LogP contribution in [0.1, 0.15) is 54.9 Å². The van der Waals surface area contributed by atoms with Crippen LogP contribution in [0.3, 0.4) is 0 Å². The summed E-state index contributed by atoms with van der Waals surface area (Å²) in [5, 5.41) is 11.9. The van der Waals surface area contributed by atoms with Gasteiger partial charge in [-0.05, 0) is 55.7 Å². The lowest BCUT2D eigenvalue weighted by Gasteiger charge is -2.19. The van der Waals surface area contributed by atoms with Gasteiger partial charge in [0.25, 0.3) is 0 Å². The zero-order valence-electron chi connectivity index (χ0n) is 15.1. The standard InChI is InChI=1S/C19H26N6.HI/c20-19(22-16-10-6-8-14-7-3-4-9-15(14)16)21-13-18-24-23-17-11-2-1-5-12-25(17)18;/h6,8,10H,1-5,7,9,11-13H2,(H3,20,21,22);1H. The Morgan fingerprint density at radius 1 is 1.08 bits per heavy atom. The number of rotatable bonds is 3. The first-order valence-electron chi connectivity index (χ1n) is 9.40. The van der Waals surface area contributed by atoms with Gasteiger partial charge in [-0.3, -0.25) is 0 Å². The molecule has 0 bridgehead atoms. The van der Waals surface area contributed by atoms with Crippen LogP contribution in [0.15, 0.2) is 23.2 Å². The van der Waals surface area contributed by atoms with E-state index in [1.165, 1.54) is 43.2 Å². The van der Waals surface area contributed by atoms with Crippen LogP contribution in [0, 0.1) is 0 Å². The zero-order valence-corrected chi connectivity index (χ0v) is 17.4. The second-order valence-corrected chi connectivity index (χ2v) is 6.97. The van der Waals surface area contributed by atoms with E-state index < -0.39 is 0 Å². The van der Waals surface area contributed by atoms with Crippen LogP contribution in [-0.2, 0) is 32.4 Å². The summed E-state index contributed by atoms with van der Waals surface area (Å²) in [6, 6.07) is 6.41. The average Bonchev–Trinajstić information content (AvgIpc) is 2.86. The van der Waals surface area contributed by atoms with E-state index in [4.69, 9.17) is 5.73 Å². The average molecular weight is 466 g/mol. The van der Waals surface area contributed by atoms with E-state index in [0.29, 0.717) is 12.5 Å². The molecule has 0 unspecified atom stereocenters. The van der Waals surface area contributed by atoms with Crippen molar-refractivity contribution in [3.8, 4) is 0 Å². The molecule has 7 heteroatoms. The molecule has 4 rings (SSSR count). The molecule has 0 spiro atoms. The Hall–Kier alpha value is -1.64. The van der Waals surface area contributed by atoms with E-state index in [-0.39, 0.29) is 24.0 Å². The van der Waals surface area contributed by atoms with Crippen molar-refractivity contribution < 1.29 is 0 Å². The SMILES string of the molecule is I.NC(=NCc1nnc2n1CCCCC2)Nc1cccc2c1CCCC2. The van der Waals surface area contributed by atoms with Crippen molar-refractivity contribution in [3.05, 3.63) is 41.0 Å². The van der Waals surface area contributed by atoms with Gasteiger partial charge in [0.1, 0.15) is 12.4 Å². The molecule has 2 aromatic rings. The van der Waals surface area contributed by atoms with E-state index in [0.717, 1.165) is 43.1 Å². The van der Waals surface area contributed by atoms with E-state index in [1.54, 1.807) is 0 Å². The maximum atomic E-state index is 6.14. The van der Waals surface area contributed by atoms with Gasteiger partial charge in [0.2, 0.25) is 0 Å². The minimum atomic E-state index is 0. The Balaban J connectivity index is 0.00000196. The predicted molar refractivity (Wildman–Crippen MR) is 115 cm³/mol. The number of halogens is 1. The number of aliphatic imine (C=N–C) groups is 1. The molecule has 140 valence electrons. The number of nitrogens with two attached hydrogens (primary N) is 1. The van der Waals surface area contributed by atoms with Gasteiger partial charge < -0.3 is 15.6 Å². The van der Waals surface area contributed by atoms with Gasteiger partial charge in [0, 0.05) is 18.7 Å². The van der Waals surface area contributed by atoms with Crippen LogP contribution in [-0.4, -0.2) is 20.7 Å². The molecule has 2 heterocycles. The van der Waals surface area contributed by atoms with E-state index in [9.17, 15) is 0 Å². The van der Waals surface area contributed by atoms with Crippen LogP contribution in [0.2, 0.25) is 0 Å². The summed E-state index contributed by atoms with van der Waals surface area (Å²) in [6.45, 7) is 1.47. The molecule has 0 radical (unpaired) electrons. The molecule has 3 N–H and O–H groups in total. The first-order chi connectivity index (χ1) is 12.3. The monoisotopic (exact) mass is 466 g/mol. The van der Waals surface area contributed by atoms with Crippen molar-refractivity contribution in [1.29, 1.82) is 0 Å². The molecule has 1 aromatic carbocycles. The lowest BCUT2D eigenvalue weighted by molar-refractivity contribution is 0.606. The smallest absolute Gasteiger partial charge is 0.193 e. The maximum Gasteiger partial charge on any atom is 0.193 e. The number of nitrogens with one attached hydrogen (secondary N) is 1. The summed E-state index contributed by atoms with van der Waals surface area (Å²) in [6.07, 6.45) is 9.45. The number of nitrogens with zero attached hydrogens (tertiary/aromatic N) is 4. The third-order valence-corrected chi connectivity index (χ3v) is 5.24. The second kappa shape index (κ2) is 8.83. The highest BCUT2D eigenvalue weighted by molar-refractivity contribution is 14.0. The van der Waals surface area contributed by atoms with Crippen LogP contribution < -0.4 is 11.1 Å². The summed E-state index contributed by atoms with van der Waals surface area (Å²) in [7, 11) is 0. The molecule has 0 fully saturated rings. The highest BCUT2D eigenvalue weighted by Gasteiger charge is 2.15. The number of aromatic nitrogens is 3. The Morgan fingerprint density at radius 2 is 1.92 bits per heavy atom. The first-order valence-corrected chi connectivity index (χ1v) is 9.40. The maximum absolute atomic E-state index is 6.14. The Bertz CT molecular complexity index is 782. The lowest BCUT2D eigenvalue weighted by atomic mass is 9.90. The fourth-order valence-electron chi connectivity index (χ4n) is 3.89. The predicted octanol–water partition coefficient (Wildman–Crippen LogP) is 3.43. The molecular weight excluding hydrogens is 439 g/mol. The quantitative estimate of drug-likeness (QED) is 0.413. The Kier molecular flexibility index (Phi) is 6.50. The van der Waals surface area contributed by atoms with Gasteiger partial charge in [-0.25, -0.2) is 4.99 Å². The number of guanidine groups is 1. The van der Waals surface area contributed by atoms with Gasteiger partial charge in [0.15, 0.2) is 11.8 Å². The Labute approximate surface area is 171 Å². The van der Waals surface area contributed by atoms with Crippen LogP contribution in [0.5, 0.6) is 0 Å². The van der Waals surface area contributed by atoms with Crippen LogP contribution in [0.4, 0.5) is 5.69 Å². The van der Waals surface area contributed by atoms with Crippen molar-refractivity contribution in [2.45, 2.75) is 64.5 Å². The van der Waals surface area contributed by atoms with Crippen molar-refractivity contribution in [3.63, 3.8) is 0 Å². The van der Waals surface area contributed by atoms with Gasteiger partial charge in [-0.2, -0.15) is 0 Å². The molecule has 0 atom stereocenters. The summed E-state index contributed by atoms with van der Waals surface area (Å²) in [4.78, 5) is 4.51. The molecule has 2 aliphatic rings. The Morgan fingerprint density at radius 3 is 2.85 bits per heavy atom. The van der Waals surface area contributed by atoms with E-state index in [2.05, 4.69) is 43.3 Å². The fourth-order valence-corrected chi connectivity index (χ4v) is 3.89. The fraction of sp³-hybridized carbons (Fsp3) is 0.526. The van der Waals surface area contributed by atoms with Crippen molar-refractivity contribution in [2.24, 2.45) is 10.7 Å². The number of anilines is 1. The molecule has 1 aliphatic carbocycles. The van der Waals surface area contributed by atoms with Crippen LogP contribution in [0.25, 0.3) is 0 Å². The summed E-state index contributed by atoms with van der Waals surface area (Å²) >= 11 is 0. The number of benzene rings is 1. The van der Waals surface area contributed by atoms with Gasteiger partial charge >= 0.3 is 0 Å². The molecule has 1 aliphatic heterocycles. The number of fused-ring (bicyclic) bond motifs is 2. The van der Waals surface area contributed by atoms with Crippen molar-refractivity contribution in [2.75, 3.05) is 5.32 Å². The van der Waals surface area contributed by atoms with E-state index in [1.807, 2.05) is 0 Å². The second-order valence-electron chi connectivity index (χ2n) is 6.97. The largest absolute Gasteiger partial charge is 0.370 e. The van der Waals surface area contributed by atoms with Gasteiger partial charge in [-0.1, -0.05) is 18.6 Å². The van der Waals surface area contributed by atoms with E-state index >= 15 is 0 Å². The molecule has 0 amide bonds. The summed E-state index contributed by atoms with van der Waals surface area (Å²) < 4.78 is 2.22. The van der Waals surface area contributed by atoms with Crippen LogP contribution >= 0.6 is 24.0 Å². The van der Waals surface area contributed by atoms with Crippen molar-refractivity contribution in [1.82, 2.24) is 14.8 Å². The molecular formula is C19H27IN6. The number of hydrogen-bond acceptors (Lipinski definition) is 3. The highest BCUT2D eigenvalue weighted by Crippen LogP contribution is 2.27.